The van der Waals surface area contributed by atoms with Crippen LogP contribution < -0.4 is 10.1 Å². The van der Waals surface area contributed by atoms with Crippen molar-refractivity contribution in [3.8, 4) is 11.4 Å². The molecule has 0 radical (unpaired) electrons. The van der Waals surface area contributed by atoms with E-state index in [1.54, 1.807) is 18.9 Å². The number of benzene rings is 2. The predicted molar refractivity (Wildman–Crippen MR) is 137 cm³/mol. The second kappa shape index (κ2) is 12.6. The summed E-state index contributed by atoms with van der Waals surface area (Å²) in [5.74, 6) is 2.83. The minimum atomic E-state index is 0.198. The monoisotopic (exact) mass is 478 g/mol. The molecular formula is C27H34N4O2S. The van der Waals surface area contributed by atoms with Crippen molar-refractivity contribution in [2.45, 2.75) is 69.0 Å². The van der Waals surface area contributed by atoms with Gasteiger partial charge in [-0.25, -0.2) is 0 Å². The maximum absolute atomic E-state index is 12.3. The zero-order chi connectivity index (χ0) is 23.6. The second-order valence-electron chi connectivity index (χ2n) is 8.80. The molecule has 1 aliphatic carbocycles. The number of aromatic nitrogens is 3. The number of rotatable bonds is 11. The Bertz CT molecular complexity index is 1030. The largest absolute Gasteiger partial charge is 0.497 e. The molecule has 7 heteroatoms. The summed E-state index contributed by atoms with van der Waals surface area (Å²) in [4.78, 5) is 12.3. The Labute approximate surface area is 206 Å². The third kappa shape index (κ3) is 6.86. The molecule has 1 amide bonds. The van der Waals surface area contributed by atoms with Gasteiger partial charge in [-0.15, -0.1) is 10.2 Å². The summed E-state index contributed by atoms with van der Waals surface area (Å²) in [6, 6.07) is 18.7. The Kier molecular flexibility index (Phi) is 9.02. The van der Waals surface area contributed by atoms with Crippen LogP contribution in [0.1, 0.15) is 62.8 Å². The highest BCUT2D eigenvalue weighted by Crippen LogP contribution is 2.26. The summed E-state index contributed by atoms with van der Waals surface area (Å²) in [5, 5.41) is 13.1. The quantitative estimate of drug-likeness (QED) is 0.288. The number of thioether (sulfide) groups is 1. The summed E-state index contributed by atoms with van der Waals surface area (Å²) in [6.07, 6.45) is 9.21. The molecule has 3 aromatic rings. The number of carbonyl (C=O) groups excluding carboxylic acids is 1. The van der Waals surface area contributed by atoms with Gasteiger partial charge in [-0.3, -0.25) is 9.36 Å². The summed E-state index contributed by atoms with van der Waals surface area (Å²) in [6.45, 7) is 0. The van der Waals surface area contributed by atoms with Crippen LogP contribution in [0.3, 0.4) is 0 Å². The van der Waals surface area contributed by atoms with Crippen molar-refractivity contribution in [3.05, 3.63) is 66.0 Å². The first kappa shape index (κ1) is 24.3. The van der Waals surface area contributed by atoms with Gasteiger partial charge in [0.1, 0.15) is 11.6 Å². The molecular weight excluding hydrogens is 444 g/mol. The number of carbonyl (C=O) groups is 1. The highest BCUT2D eigenvalue weighted by atomic mass is 32.2. The van der Waals surface area contributed by atoms with Gasteiger partial charge in [0.05, 0.1) is 7.11 Å². The molecule has 1 heterocycles. The lowest BCUT2D eigenvalue weighted by Crippen LogP contribution is -2.35. The molecule has 1 fully saturated rings. The van der Waals surface area contributed by atoms with Gasteiger partial charge >= 0.3 is 0 Å². The number of nitrogens with zero attached hydrogens (tertiary/aromatic N) is 3. The molecule has 4 rings (SSSR count). The highest BCUT2D eigenvalue weighted by Gasteiger charge is 2.17. The molecule has 0 atom stereocenters. The Morgan fingerprint density at radius 1 is 1.03 bits per heavy atom. The van der Waals surface area contributed by atoms with Gasteiger partial charge < -0.3 is 10.1 Å². The third-order valence-electron chi connectivity index (χ3n) is 6.24. The molecule has 1 aliphatic rings. The number of nitrogens with one attached hydrogen (secondary N) is 1. The van der Waals surface area contributed by atoms with Crippen LogP contribution >= 0.6 is 11.8 Å². The topological polar surface area (TPSA) is 69.0 Å². The van der Waals surface area contributed by atoms with Crippen LogP contribution in [0.2, 0.25) is 0 Å². The number of amides is 1. The Balaban J connectivity index is 1.35. The van der Waals surface area contributed by atoms with Crippen LogP contribution in [0.15, 0.2) is 59.8 Å². The lowest BCUT2D eigenvalue weighted by molar-refractivity contribution is -0.122. The van der Waals surface area contributed by atoms with Crippen LogP contribution in [-0.4, -0.2) is 39.6 Å². The molecule has 0 bridgehead atoms. The SMILES string of the molecule is COc1ccc(-n2c(Cc3ccccc3)nnc2SCCCCC(=O)NC2CCCCC2)cc1. The first-order valence-electron chi connectivity index (χ1n) is 12.3. The van der Waals surface area contributed by atoms with Crippen molar-refractivity contribution in [1.29, 1.82) is 0 Å². The van der Waals surface area contributed by atoms with E-state index in [0.717, 1.165) is 53.9 Å². The predicted octanol–water partition coefficient (Wildman–Crippen LogP) is 5.58. The zero-order valence-corrected chi connectivity index (χ0v) is 20.7. The number of unbranched alkanes of at least 4 members (excludes halogenated alkanes) is 1. The van der Waals surface area contributed by atoms with E-state index in [1.807, 2.05) is 42.5 Å². The van der Waals surface area contributed by atoms with Gasteiger partial charge in [0.15, 0.2) is 5.16 Å². The highest BCUT2D eigenvalue weighted by molar-refractivity contribution is 7.99. The number of hydrogen-bond donors (Lipinski definition) is 1. The van der Waals surface area contributed by atoms with Crippen molar-refractivity contribution in [3.63, 3.8) is 0 Å². The fourth-order valence-electron chi connectivity index (χ4n) is 4.38. The van der Waals surface area contributed by atoms with Crippen molar-refractivity contribution < 1.29 is 9.53 Å². The van der Waals surface area contributed by atoms with E-state index in [2.05, 4.69) is 32.2 Å². The molecule has 1 saturated carbocycles. The summed E-state index contributed by atoms with van der Waals surface area (Å²) in [5.41, 5.74) is 2.22. The van der Waals surface area contributed by atoms with Gasteiger partial charge in [0.25, 0.3) is 0 Å². The Morgan fingerprint density at radius 3 is 2.53 bits per heavy atom. The van der Waals surface area contributed by atoms with E-state index in [9.17, 15) is 4.79 Å². The molecule has 34 heavy (non-hydrogen) atoms. The maximum atomic E-state index is 12.3. The molecule has 6 nitrogen and oxygen atoms in total. The van der Waals surface area contributed by atoms with Gasteiger partial charge in [0.2, 0.25) is 5.91 Å². The van der Waals surface area contributed by atoms with Crippen molar-refractivity contribution in [1.82, 2.24) is 20.1 Å². The van der Waals surface area contributed by atoms with Crippen molar-refractivity contribution in [2.75, 3.05) is 12.9 Å². The summed E-state index contributed by atoms with van der Waals surface area (Å²) in [7, 11) is 1.67. The zero-order valence-electron chi connectivity index (χ0n) is 19.9. The lowest BCUT2D eigenvalue weighted by atomic mass is 9.95. The maximum Gasteiger partial charge on any atom is 0.220 e. The van der Waals surface area contributed by atoms with Crippen molar-refractivity contribution in [2.24, 2.45) is 0 Å². The van der Waals surface area contributed by atoms with E-state index in [4.69, 9.17) is 4.74 Å². The van der Waals surface area contributed by atoms with Gasteiger partial charge in [-0.1, -0.05) is 61.4 Å². The lowest BCUT2D eigenvalue weighted by Gasteiger charge is -2.22. The fraction of sp³-hybridized carbons (Fsp3) is 0.444. The van der Waals surface area contributed by atoms with E-state index >= 15 is 0 Å². The minimum Gasteiger partial charge on any atom is -0.497 e. The second-order valence-corrected chi connectivity index (χ2v) is 9.86. The average Bonchev–Trinajstić information content (AvgIpc) is 3.27. The van der Waals surface area contributed by atoms with Crippen LogP contribution in [0.4, 0.5) is 0 Å². The number of methoxy groups -OCH3 is 1. The third-order valence-corrected chi connectivity index (χ3v) is 7.25. The molecule has 0 aliphatic heterocycles. The normalized spacial score (nSPS) is 14.1. The van der Waals surface area contributed by atoms with E-state index in [0.29, 0.717) is 18.9 Å². The standard InChI is InChI=1S/C27H34N4O2S/c1-33-24-17-15-23(16-18-24)31-25(20-21-10-4-2-5-11-21)29-30-27(31)34-19-9-8-14-26(32)28-22-12-6-3-7-13-22/h2,4-5,10-11,15-18,22H,3,6-9,12-14,19-20H2,1H3,(H,28,32). The fourth-order valence-corrected chi connectivity index (χ4v) is 5.34. The van der Waals surface area contributed by atoms with E-state index < -0.39 is 0 Å². The Morgan fingerprint density at radius 2 is 1.79 bits per heavy atom. The summed E-state index contributed by atoms with van der Waals surface area (Å²) >= 11 is 1.70. The molecule has 1 N–H and O–H groups in total. The number of hydrogen-bond acceptors (Lipinski definition) is 5. The van der Waals surface area contributed by atoms with Gasteiger partial charge in [0, 0.05) is 30.3 Å². The van der Waals surface area contributed by atoms with E-state index in [-0.39, 0.29) is 5.91 Å². The molecule has 0 unspecified atom stereocenters. The van der Waals surface area contributed by atoms with Crippen LogP contribution in [0, 0.1) is 0 Å². The Hall–Kier alpha value is -2.80. The molecule has 0 saturated heterocycles. The van der Waals surface area contributed by atoms with Gasteiger partial charge in [-0.2, -0.15) is 0 Å². The first-order chi connectivity index (χ1) is 16.7. The smallest absolute Gasteiger partial charge is 0.220 e. The molecule has 2 aromatic carbocycles. The molecule has 0 spiro atoms. The van der Waals surface area contributed by atoms with E-state index in [1.165, 1.54) is 24.8 Å². The minimum absolute atomic E-state index is 0.198. The van der Waals surface area contributed by atoms with Crippen molar-refractivity contribution >= 4 is 17.7 Å². The average molecular weight is 479 g/mol. The summed E-state index contributed by atoms with van der Waals surface area (Å²) < 4.78 is 7.46. The first-order valence-corrected chi connectivity index (χ1v) is 13.3. The molecule has 1 aromatic heterocycles. The molecule has 180 valence electrons. The van der Waals surface area contributed by atoms with Gasteiger partial charge in [-0.05, 0) is 55.5 Å². The number of ether oxygens (including phenoxy) is 1. The van der Waals surface area contributed by atoms with Crippen LogP contribution in [0.25, 0.3) is 5.69 Å². The van der Waals surface area contributed by atoms with Crippen LogP contribution in [0.5, 0.6) is 5.75 Å². The van der Waals surface area contributed by atoms with Crippen LogP contribution in [-0.2, 0) is 11.2 Å².